The van der Waals surface area contributed by atoms with Crippen LogP contribution in [0.15, 0.2) is 30.3 Å². The number of fused-ring (bicyclic) bond motifs is 2. The lowest BCUT2D eigenvalue weighted by Gasteiger charge is -2.39. The van der Waals surface area contributed by atoms with Crippen LogP contribution in [0.25, 0.3) is 6.08 Å². The van der Waals surface area contributed by atoms with Gasteiger partial charge in [-0.3, -0.25) is 4.79 Å². The van der Waals surface area contributed by atoms with E-state index in [1.54, 1.807) is 6.08 Å². The molecule has 2 atom stereocenters. The van der Waals surface area contributed by atoms with Crippen molar-refractivity contribution in [2.45, 2.75) is 46.1 Å². The van der Waals surface area contributed by atoms with Gasteiger partial charge in [-0.15, -0.1) is 0 Å². The summed E-state index contributed by atoms with van der Waals surface area (Å²) in [6.45, 7) is 7.88. The number of hydrogen-bond acceptors (Lipinski definition) is 1. The third-order valence-corrected chi connectivity index (χ3v) is 5.24. The van der Waals surface area contributed by atoms with Crippen LogP contribution in [0, 0.1) is 10.8 Å². The van der Waals surface area contributed by atoms with Crippen LogP contribution in [-0.2, 0) is 4.79 Å². The first-order valence-electron chi connectivity index (χ1n) is 8.01. The molecule has 3 rings (SSSR count). The van der Waals surface area contributed by atoms with E-state index in [2.05, 4.69) is 25.7 Å². The lowest BCUT2D eigenvalue weighted by Crippen LogP contribution is -2.36. The second kappa shape index (κ2) is 5.42. The van der Waals surface area contributed by atoms with Gasteiger partial charge in [-0.25, -0.2) is 0 Å². The Bertz CT molecular complexity index is 604. The molecule has 1 aromatic rings. The summed E-state index contributed by atoms with van der Waals surface area (Å²) in [5, 5.41) is 0.715. The molecule has 1 saturated heterocycles. The fourth-order valence-electron chi connectivity index (χ4n) is 4.55. The smallest absolute Gasteiger partial charge is 0.246 e. The molecular formula is C19H24ClNO. The predicted molar refractivity (Wildman–Crippen MR) is 91.7 cm³/mol. The maximum Gasteiger partial charge on any atom is 0.246 e. The number of likely N-dealkylation sites (tertiary alicyclic amines) is 1. The zero-order valence-electron chi connectivity index (χ0n) is 13.6. The van der Waals surface area contributed by atoms with E-state index >= 15 is 0 Å². The van der Waals surface area contributed by atoms with Crippen molar-refractivity contribution in [2.75, 3.05) is 6.54 Å². The lowest BCUT2D eigenvalue weighted by atomic mass is 9.65. The lowest BCUT2D eigenvalue weighted by molar-refractivity contribution is -0.127. The summed E-state index contributed by atoms with van der Waals surface area (Å²) >= 11 is 5.88. The fourth-order valence-corrected chi connectivity index (χ4v) is 4.68. The van der Waals surface area contributed by atoms with Crippen LogP contribution >= 0.6 is 11.6 Å². The Morgan fingerprint density at radius 2 is 1.91 bits per heavy atom. The molecule has 0 radical (unpaired) electrons. The molecule has 1 aliphatic heterocycles. The summed E-state index contributed by atoms with van der Waals surface area (Å²) in [5.41, 5.74) is 1.63. The molecular weight excluding hydrogens is 294 g/mol. The monoisotopic (exact) mass is 317 g/mol. The van der Waals surface area contributed by atoms with Crippen molar-refractivity contribution in [3.05, 3.63) is 40.9 Å². The summed E-state index contributed by atoms with van der Waals surface area (Å²) < 4.78 is 0. The first kappa shape index (κ1) is 15.6. The normalized spacial score (nSPS) is 30.0. The minimum Gasteiger partial charge on any atom is -0.336 e. The van der Waals surface area contributed by atoms with E-state index < -0.39 is 0 Å². The van der Waals surface area contributed by atoms with E-state index in [9.17, 15) is 4.79 Å². The number of nitrogens with zero attached hydrogens (tertiary/aromatic N) is 1. The minimum atomic E-state index is 0.140. The van der Waals surface area contributed by atoms with Crippen molar-refractivity contribution in [1.29, 1.82) is 0 Å². The molecule has 1 aliphatic carbocycles. The standard InChI is InChI=1S/C19H24ClNO/c1-18(2)10-16-11-19(3,12-18)13-21(16)17(22)9-6-14-4-7-15(20)8-5-14/h4-9,16H,10-13H2,1-3H3/b9-6+. The number of benzene rings is 1. The van der Waals surface area contributed by atoms with Crippen molar-refractivity contribution < 1.29 is 4.79 Å². The number of amides is 1. The Hall–Kier alpha value is -1.28. The average molecular weight is 318 g/mol. The Morgan fingerprint density at radius 1 is 1.23 bits per heavy atom. The Morgan fingerprint density at radius 3 is 2.59 bits per heavy atom. The highest BCUT2D eigenvalue weighted by Gasteiger charge is 2.50. The van der Waals surface area contributed by atoms with Crippen LogP contribution in [0.5, 0.6) is 0 Å². The Balaban J connectivity index is 1.72. The maximum atomic E-state index is 12.6. The zero-order valence-corrected chi connectivity index (χ0v) is 14.4. The molecule has 2 nitrogen and oxygen atoms in total. The van der Waals surface area contributed by atoms with Crippen LogP contribution < -0.4 is 0 Å². The quantitative estimate of drug-likeness (QED) is 0.719. The van der Waals surface area contributed by atoms with Crippen molar-refractivity contribution in [2.24, 2.45) is 10.8 Å². The van der Waals surface area contributed by atoms with E-state index in [4.69, 9.17) is 11.6 Å². The molecule has 1 heterocycles. The first-order chi connectivity index (χ1) is 10.3. The summed E-state index contributed by atoms with van der Waals surface area (Å²) in [5.74, 6) is 0.140. The highest BCUT2D eigenvalue weighted by Crippen LogP contribution is 2.52. The number of rotatable bonds is 2. The molecule has 2 unspecified atom stereocenters. The van der Waals surface area contributed by atoms with Gasteiger partial charge in [0.05, 0.1) is 0 Å². The van der Waals surface area contributed by atoms with Gasteiger partial charge >= 0.3 is 0 Å². The largest absolute Gasteiger partial charge is 0.336 e. The molecule has 3 heteroatoms. The Kier molecular flexibility index (Phi) is 3.84. The highest BCUT2D eigenvalue weighted by atomic mass is 35.5. The number of carbonyl (C=O) groups is 1. The molecule has 2 fully saturated rings. The number of carbonyl (C=O) groups excluding carboxylic acids is 1. The van der Waals surface area contributed by atoms with Crippen molar-refractivity contribution in [3.63, 3.8) is 0 Å². The molecule has 1 saturated carbocycles. The van der Waals surface area contributed by atoms with E-state index in [0.717, 1.165) is 24.9 Å². The molecule has 118 valence electrons. The van der Waals surface area contributed by atoms with Gasteiger partial charge in [-0.2, -0.15) is 0 Å². The number of hydrogen-bond donors (Lipinski definition) is 0. The second-order valence-corrected chi connectivity index (χ2v) is 8.50. The van der Waals surface area contributed by atoms with Crippen LogP contribution in [0.1, 0.15) is 45.6 Å². The maximum absolute atomic E-state index is 12.6. The van der Waals surface area contributed by atoms with Gasteiger partial charge in [0.25, 0.3) is 0 Å². The summed E-state index contributed by atoms with van der Waals surface area (Å²) in [7, 11) is 0. The summed E-state index contributed by atoms with van der Waals surface area (Å²) in [6.07, 6.45) is 7.07. The van der Waals surface area contributed by atoms with Gasteiger partial charge in [0.1, 0.15) is 0 Å². The van der Waals surface area contributed by atoms with Gasteiger partial charge < -0.3 is 4.90 Å². The fraction of sp³-hybridized carbons (Fsp3) is 0.526. The molecule has 2 aliphatic rings. The predicted octanol–water partition coefficient (Wildman–Crippen LogP) is 4.78. The molecule has 2 bridgehead atoms. The SMILES string of the molecule is CC1(C)CC2CC(C)(CN2C(=O)/C=C/c2ccc(Cl)cc2)C1. The van der Waals surface area contributed by atoms with Gasteiger partial charge in [0.15, 0.2) is 0 Å². The number of halogens is 1. The third kappa shape index (κ3) is 3.22. The van der Waals surface area contributed by atoms with E-state index in [1.165, 1.54) is 6.42 Å². The topological polar surface area (TPSA) is 20.3 Å². The van der Waals surface area contributed by atoms with Crippen molar-refractivity contribution >= 4 is 23.6 Å². The van der Waals surface area contributed by atoms with Crippen LogP contribution in [0.4, 0.5) is 0 Å². The first-order valence-corrected chi connectivity index (χ1v) is 8.39. The van der Waals surface area contributed by atoms with Gasteiger partial charge in [0, 0.05) is 23.7 Å². The third-order valence-electron chi connectivity index (χ3n) is 4.99. The van der Waals surface area contributed by atoms with Crippen LogP contribution in [-0.4, -0.2) is 23.4 Å². The van der Waals surface area contributed by atoms with Crippen molar-refractivity contribution in [3.8, 4) is 0 Å². The highest BCUT2D eigenvalue weighted by molar-refractivity contribution is 6.30. The van der Waals surface area contributed by atoms with Gasteiger partial charge in [-0.1, -0.05) is 44.5 Å². The van der Waals surface area contributed by atoms with Crippen LogP contribution in [0.2, 0.25) is 5.02 Å². The summed E-state index contributed by atoms with van der Waals surface area (Å²) in [4.78, 5) is 14.7. The van der Waals surface area contributed by atoms with Crippen molar-refractivity contribution in [1.82, 2.24) is 4.90 Å². The minimum absolute atomic E-state index is 0.140. The van der Waals surface area contributed by atoms with Gasteiger partial charge in [-0.05, 0) is 53.9 Å². The Labute approximate surface area is 138 Å². The molecule has 0 aromatic heterocycles. The molecule has 0 N–H and O–H groups in total. The molecule has 1 amide bonds. The molecule has 22 heavy (non-hydrogen) atoms. The second-order valence-electron chi connectivity index (χ2n) is 8.06. The average Bonchev–Trinajstić information content (AvgIpc) is 2.67. The van der Waals surface area contributed by atoms with Gasteiger partial charge in [0.2, 0.25) is 5.91 Å². The van der Waals surface area contributed by atoms with E-state index in [-0.39, 0.29) is 11.3 Å². The zero-order chi connectivity index (χ0) is 16.0. The summed E-state index contributed by atoms with van der Waals surface area (Å²) in [6, 6.07) is 7.95. The molecule has 0 spiro atoms. The van der Waals surface area contributed by atoms with Crippen LogP contribution in [0.3, 0.4) is 0 Å². The van der Waals surface area contributed by atoms with E-state index in [1.807, 2.05) is 30.3 Å². The molecule has 1 aromatic carbocycles. The van der Waals surface area contributed by atoms with E-state index in [0.29, 0.717) is 16.5 Å².